The smallest absolute Gasteiger partial charge is 0.164 e. The van der Waals surface area contributed by atoms with Crippen molar-refractivity contribution in [2.45, 2.75) is 0 Å². The minimum Gasteiger partial charge on any atom is -0.309 e. The lowest BCUT2D eigenvalue weighted by molar-refractivity contribution is 1.07. The zero-order chi connectivity index (χ0) is 49.0. The number of aromatic nitrogens is 5. The first-order valence-corrected chi connectivity index (χ1v) is 25.1. The molecule has 0 atom stereocenters. The van der Waals surface area contributed by atoms with Crippen LogP contribution in [0.4, 0.5) is 0 Å². The van der Waals surface area contributed by atoms with Gasteiger partial charge in [-0.1, -0.05) is 224 Å². The summed E-state index contributed by atoms with van der Waals surface area (Å²) in [6.45, 7) is 0. The fourth-order valence-electron chi connectivity index (χ4n) is 10.9. The Morgan fingerprint density at radius 3 is 1.03 bits per heavy atom. The number of fused-ring (bicyclic) bond motifs is 6. The first-order valence-electron chi connectivity index (χ1n) is 25.1. The summed E-state index contributed by atoms with van der Waals surface area (Å²) in [4.78, 5) is 15.8. The Kier molecular flexibility index (Phi) is 10.4. The summed E-state index contributed by atoms with van der Waals surface area (Å²) in [5.74, 6) is 1.80. The van der Waals surface area contributed by atoms with Crippen LogP contribution in [0, 0.1) is 0 Å². The molecule has 74 heavy (non-hydrogen) atoms. The molecule has 14 rings (SSSR count). The van der Waals surface area contributed by atoms with E-state index in [1.807, 2.05) is 18.2 Å². The molecule has 0 saturated carbocycles. The third kappa shape index (κ3) is 7.46. The Balaban J connectivity index is 0.941. The Labute approximate surface area is 428 Å². The number of hydrogen-bond acceptors (Lipinski definition) is 3. The zero-order valence-corrected chi connectivity index (χ0v) is 40.2. The van der Waals surface area contributed by atoms with E-state index >= 15 is 0 Å². The molecule has 346 valence electrons. The van der Waals surface area contributed by atoms with E-state index in [9.17, 15) is 0 Å². The number of para-hydroxylation sites is 4. The molecule has 14 aromatic rings. The predicted octanol–water partition coefficient (Wildman–Crippen LogP) is 17.7. The molecule has 5 nitrogen and oxygen atoms in total. The summed E-state index contributed by atoms with van der Waals surface area (Å²) in [5.41, 5.74) is 18.5. The van der Waals surface area contributed by atoms with Gasteiger partial charge in [0.2, 0.25) is 0 Å². The average Bonchev–Trinajstić information content (AvgIpc) is 4.03. The van der Waals surface area contributed by atoms with E-state index in [1.165, 1.54) is 32.7 Å². The van der Waals surface area contributed by atoms with Gasteiger partial charge in [0.25, 0.3) is 0 Å². The molecule has 0 aliphatic carbocycles. The van der Waals surface area contributed by atoms with Crippen molar-refractivity contribution in [2.24, 2.45) is 0 Å². The molecule has 3 aromatic heterocycles. The van der Waals surface area contributed by atoms with Crippen molar-refractivity contribution in [2.75, 3.05) is 0 Å². The molecule has 11 aromatic carbocycles. The van der Waals surface area contributed by atoms with E-state index in [0.717, 1.165) is 83.5 Å². The average molecular weight is 944 g/mol. The van der Waals surface area contributed by atoms with Crippen molar-refractivity contribution in [3.05, 3.63) is 273 Å². The fraction of sp³-hybridized carbons (Fsp3) is 0. The summed E-state index contributed by atoms with van der Waals surface area (Å²) in [6.07, 6.45) is 0. The fourth-order valence-corrected chi connectivity index (χ4v) is 10.9. The first kappa shape index (κ1) is 42.9. The second-order valence-electron chi connectivity index (χ2n) is 18.8. The Bertz CT molecular complexity index is 4310. The van der Waals surface area contributed by atoms with E-state index in [-0.39, 0.29) is 0 Å². The van der Waals surface area contributed by atoms with Crippen molar-refractivity contribution in [3.63, 3.8) is 0 Å². The van der Waals surface area contributed by atoms with Crippen LogP contribution in [0.25, 0.3) is 134 Å². The molecular weight excluding hydrogens is 899 g/mol. The van der Waals surface area contributed by atoms with Gasteiger partial charge < -0.3 is 9.13 Å². The van der Waals surface area contributed by atoms with Crippen LogP contribution in [0.2, 0.25) is 0 Å². The highest BCUT2D eigenvalue weighted by atomic mass is 15.0. The molecule has 5 heteroatoms. The highest BCUT2D eigenvalue weighted by molar-refractivity contribution is 6.11. The molecule has 0 unspecified atom stereocenters. The first-order chi connectivity index (χ1) is 36.7. The summed E-state index contributed by atoms with van der Waals surface area (Å²) < 4.78 is 4.82. The summed E-state index contributed by atoms with van der Waals surface area (Å²) in [6, 6.07) is 97.2. The van der Waals surface area contributed by atoms with Crippen molar-refractivity contribution in [3.8, 4) is 90.0 Å². The van der Waals surface area contributed by atoms with Crippen LogP contribution in [0.3, 0.4) is 0 Å². The van der Waals surface area contributed by atoms with Crippen LogP contribution in [-0.4, -0.2) is 24.1 Å². The number of hydrogen-bond donors (Lipinski definition) is 0. The Morgan fingerprint density at radius 1 is 0.203 bits per heavy atom. The summed E-state index contributed by atoms with van der Waals surface area (Å²) in [7, 11) is 0. The molecule has 3 heterocycles. The van der Waals surface area contributed by atoms with Crippen LogP contribution in [0.15, 0.2) is 273 Å². The van der Waals surface area contributed by atoms with E-state index in [1.54, 1.807) is 0 Å². The maximum Gasteiger partial charge on any atom is 0.164 e. The maximum atomic E-state index is 5.36. The monoisotopic (exact) mass is 943 g/mol. The minimum absolute atomic E-state index is 0.594. The maximum absolute atomic E-state index is 5.36. The molecule has 0 radical (unpaired) electrons. The Hall–Kier alpha value is -9.97. The summed E-state index contributed by atoms with van der Waals surface area (Å²) >= 11 is 0. The van der Waals surface area contributed by atoms with Crippen molar-refractivity contribution >= 4 is 43.6 Å². The Morgan fingerprint density at radius 2 is 0.514 bits per heavy atom. The van der Waals surface area contributed by atoms with Gasteiger partial charge in [0.05, 0.1) is 33.4 Å². The van der Waals surface area contributed by atoms with Gasteiger partial charge in [0.15, 0.2) is 17.5 Å². The lowest BCUT2D eigenvalue weighted by Gasteiger charge is -2.17. The van der Waals surface area contributed by atoms with Gasteiger partial charge in [-0.05, 0) is 81.9 Å². The molecule has 0 aliphatic heterocycles. The highest BCUT2D eigenvalue weighted by Crippen LogP contribution is 2.41. The normalized spacial score (nSPS) is 11.5. The van der Waals surface area contributed by atoms with Crippen LogP contribution in [0.1, 0.15) is 0 Å². The van der Waals surface area contributed by atoms with Gasteiger partial charge in [-0.3, -0.25) is 0 Å². The number of rotatable bonds is 9. The van der Waals surface area contributed by atoms with Gasteiger partial charge in [-0.2, -0.15) is 0 Å². The van der Waals surface area contributed by atoms with Gasteiger partial charge in [-0.15, -0.1) is 0 Å². The second-order valence-corrected chi connectivity index (χ2v) is 18.8. The van der Waals surface area contributed by atoms with Gasteiger partial charge in [-0.25, -0.2) is 15.0 Å². The zero-order valence-electron chi connectivity index (χ0n) is 40.2. The molecular formula is C69H45N5. The standard InChI is InChI=1S/C69H45N5/c1-4-20-46(21-5-1)49-26-18-28-52(42-49)56-40-38-51(44-65(56)73-61-34-14-10-30-57(61)58-31-11-15-35-62(58)73)50-27-19-29-53(43-50)68-70-67(48-24-8-3-9-25-48)71-69(72-68)54-39-41-55(47-22-6-2-7-23-47)66(45-54)74-63-36-16-12-32-59(63)60-33-13-17-37-64(60)74/h1-45H. The molecule has 0 amide bonds. The number of nitrogens with zero attached hydrogens (tertiary/aromatic N) is 5. The van der Waals surface area contributed by atoms with Crippen molar-refractivity contribution in [1.29, 1.82) is 0 Å². The third-order valence-corrected chi connectivity index (χ3v) is 14.4. The second kappa shape index (κ2) is 18.0. The lowest BCUT2D eigenvalue weighted by Crippen LogP contribution is -2.02. The SMILES string of the molecule is c1ccc(-c2cccc(-c3ccc(-c4cccc(-c5nc(-c6ccccc6)nc(-c6ccc(-c7ccccc7)c(-n7c8ccccc8c8ccccc87)c6)n5)c4)cc3-n3c4ccccc4c4ccccc43)c2)cc1. The highest BCUT2D eigenvalue weighted by Gasteiger charge is 2.21. The van der Waals surface area contributed by atoms with E-state index in [4.69, 9.17) is 15.0 Å². The predicted molar refractivity (Wildman–Crippen MR) is 307 cm³/mol. The van der Waals surface area contributed by atoms with Crippen molar-refractivity contribution < 1.29 is 0 Å². The largest absolute Gasteiger partial charge is 0.309 e. The molecule has 0 N–H and O–H groups in total. The van der Waals surface area contributed by atoms with Crippen LogP contribution in [0.5, 0.6) is 0 Å². The van der Waals surface area contributed by atoms with Crippen LogP contribution < -0.4 is 0 Å². The third-order valence-electron chi connectivity index (χ3n) is 14.4. The lowest BCUT2D eigenvalue weighted by atomic mass is 9.94. The van der Waals surface area contributed by atoms with Gasteiger partial charge in [0, 0.05) is 49.4 Å². The molecule has 0 saturated heterocycles. The van der Waals surface area contributed by atoms with Gasteiger partial charge in [0.1, 0.15) is 0 Å². The summed E-state index contributed by atoms with van der Waals surface area (Å²) in [5, 5.41) is 4.85. The molecule has 0 bridgehead atoms. The topological polar surface area (TPSA) is 48.5 Å². The minimum atomic E-state index is 0.594. The van der Waals surface area contributed by atoms with Gasteiger partial charge >= 0.3 is 0 Å². The quantitative estimate of drug-likeness (QED) is 0.145. The number of benzene rings is 11. The van der Waals surface area contributed by atoms with Crippen LogP contribution >= 0.6 is 0 Å². The van der Waals surface area contributed by atoms with E-state index < -0.39 is 0 Å². The van der Waals surface area contributed by atoms with Crippen molar-refractivity contribution in [1.82, 2.24) is 24.1 Å². The van der Waals surface area contributed by atoms with E-state index in [2.05, 4.69) is 264 Å². The molecule has 0 aliphatic rings. The molecule has 0 spiro atoms. The van der Waals surface area contributed by atoms with Crippen LogP contribution in [-0.2, 0) is 0 Å². The van der Waals surface area contributed by atoms with E-state index in [0.29, 0.717) is 17.5 Å². The molecule has 0 fully saturated rings.